The zero-order valence-electron chi connectivity index (χ0n) is 15.9. The highest BCUT2D eigenvalue weighted by molar-refractivity contribution is 7.89. The maximum absolute atomic E-state index is 12.7. The number of amides is 1. The van der Waals surface area contributed by atoms with Crippen LogP contribution in [0.4, 0.5) is 11.4 Å². The first-order valence-electron chi connectivity index (χ1n) is 9.11. The highest BCUT2D eigenvalue weighted by atomic mass is 32.2. The van der Waals surface area contributed by atoms with Crippen molar-refractivity contribution in [3.05, 3.63) is 64.2 Å². The van der Waals surface area contributed by atoms with Crippen LogP contribution in [-0.2, 0) is 14.8 Å². The number of carbonyl (C=O) groups excluding carboxylic acids is 1. The SMILES string of the molecule is Cc1c(NCC(=O)N2CCN(S(=O)(=O)c3ccccc3)CC2)cccc1[N+](=O)[O-]. The third-order valence-electron chi connectivity index (χ3n) is 4.90. The van der Waals surface area contributed by atoms with Crippen LogP contribution in [0, 0.1) is 17.0 Å². The van der Waals surface area contributed by atoms with E-state index < -0.39 is 14.9 Å². The van der Waals surface area contributed by atoms with Crippen LogP contribution in [0.25, 0.3) is 0 Å². The van der Waals surface area contributed by atoms with Crippen molar-refractivity contribution in [1.29, 1.82) is 0 Å². The molecule has 9 nitrogen and oxygen atoms in total. The molecule has 10 heteroatoms. The van der Waals surface area contributed by atoms with E-state index in [4.69, 9.17) is 0 Å². The summed E-state index contributed by atoms with van der Waals surface area (Å²) in [6, 6.07) is 12.9. The van der Waals surface area contributed by atoms with Crippen molar-refractivity contribution in [1.82, 2.24) is 9.21 Å². The summed E-state index contributed by atoms with van der Waals surface area (Å²) in [5.41, 5.74) is 0.976. The first-order valence-corrected chi connectivity index (χ1v) is 10.6. The van der Waals surface area contributed by atoms with Crippen LogP contribution in [0.1, 0.15) is 5.56 Å². The van der Waals surface area contributed by atoms with E-state index in [1.54, 1.807) is 54.3 Å². The molecule has 1 saturated heterocycles. The molecule has 29 heavy (non-hydrogen) atoms. The summed E-state index contributed by atoms with van der Waals surface area (Å²) in [6.45, 7) is 2.63. The minimum Gasteiger partial charge on any atom is -0.376 e. The quantitative estimate of drug-likeness (QED) is 0.566. The molecule has 1 fully saturated rings. The molecule has 2 aromatic carbocycles. The van der Waals surface area contributed by atoms with Crippen molar-refractivity contribution in [2.45, 2.75) is 11.8 Å². The van der Waals surface area contributed by atoms with E-state index >= 15 is 0 Å². The number of nitrogens with one attached hydrogen (secondary N) is 1. The summed E-state index contributed by atoms with van der Waals surface area (Å²) >= 11 is 0. The van der Waals surface area contributed by atoms with Gasteiger partial charge in [-0.2, -0.15) is 4.31 Å². The molecule has 1 aliphatic heterocycles. The molecule has 0 aromatic heterocycles. The summed E-state index contributed by atoms with van der Waals surface area (Å²) in [5.74, 6) is -0.187. The number of piperazine rings is 1. The third kappa shape index (κ3) is 4.54. The van der Waals surface area contributed by atoms with Gasteiger partial charge in [0, 0.05) is 43.5 Å². The molecule has 2 aromatic rings. The molecule has 1 amide bonds. The Kier molecular flexibility index (Phi) is 6.14. The second-order valence-corrected chi connectivity index (χ2v) is 8.60. The molecule has 1 N–H and O–H groups in total. The molecule has 0 unspecified atom stereocenters. The number of sulfonamides is 1. The van der Waals surface area contributed by atoms with Crippen molar-refractivity contribution in [3.8, 4) is 0 Å². The van der Waals surface area contributed by atoms with E-state index in [1.807, 2.05) is 0 Å². The molecule has 154 valence electrons. The van der Waals surface area contributed by atoms with Crippen LogP contribution in [0.3, 0.4) is 0 Å². The first-order chi connectivity index (χ1) is 13.8. The fourth-order valence-corrected chi connectivity index (χ4v) is 4.66. The van der Waals surface area contributed by atoms with Gasteiger partial charge in [0.25, 0.3) is 5.69 Å². The van der Waals surface area contributed by atoms with Gasteiger partial charge in [0.2, 0.25) is 15.9 Å². The molecule has 1 heterocycles. The standard InChI is InChI=1S/C19H22N4O5S/c1-15-17(8-5-9-18(15)23(25)26)20-14-19(24)21-10-12-22(13-11-21)29(27,28)16-6-3-2-4-7-16/h2-9,20H,10-14H2,1H3. The second-order valence-electron chi connectivity index (χ2n) is 6.66. The fourth-order valence-electron chi connectivity index (χ4n) is 3.21. The third-order valence-corrected chi connectivity index (χ3v) is 6.82. The lowest BCUT2D eigenvalue weighted by Gasteiger charge is -2.34. The Hall–Kier alpha value is -2.98. The zero-order chi connectivity index (χ0) is 21.0. The molecule has 1 aliphatic rings. The van der Waals surface area contributed by atoms with Crippen LogP contribution in [0.5, 0.6) is 0 Å². The molecule has 0 radical (unpaired) electrons. The predicted molar refractivity (Wildman–Crippen MR) is 108 cm³/mol. The van der Waals surface area contributed by atoms with Crippen molar-refractivity contribution < 1.29 is 18.1 Å². The summed E-state index contributed by atoms with van der Waals surface area (Å²) in [5, 5.41) is 14.0. The molecule has 0 saturated carbocycles. The number of rotatable bonds is 6. The Bertz CT molecular complexity index is 1000. The van der Waals surface area contributed by atoms with Crippen molar-refractivity contribution in [2.75, 3.05) is 38.0 Å². The number of hydrogen-bond acceptors (Lipinski definition) is 6. The van der Waals surface area contributed by atoms with Gasteiger partial charge in [0.15, 0.2) is 0 Å². The number of benzene rings is 2. The van der Waals surface area contributed by atoms with Gasteiger partial charge >= 0.3 is 0 Å². The topological polar surface area (TPSA) is 113 Å². The number of nitro benzene ring substituents is 1. The highest BCUT2D eigenvalue weighted by Gasteiger charge is 2.29. The summed E-state index contributed by atoms with van der Waals surface area (Å²) in [7, 11) is -3.57. The second kappa shape index (κ2) is 8.58. The van der Waals surface area contributed by atoms with Crippen LogP contribution in [-0.4, -0.2) is 61.2 Å². The van der Waals surface area contributed by atoms with Gasteiger partial charge in [-0.25, -0.2) is 8.42 Å². The van der Waals surface area contributed by atoms with E-state index in [1.165, 1.54) is 10.4 Å². The van der Waals surface area contributed by atoms with E-state index in [2.05, 4.69) is 5.32 Å². The highest BCUT2D eigenvalue weighted by Crippen LogP contribution is 2.25. The summed E-state index contributed by atoms with van der Waals surface area (Å²) in [4.78, 5) is 24.9. The van der Waals surface area contributed by atoms with E-state index in [-0.39, 0.29) is 36.1 Å². The molecule has 3 rings (SSSR count). The van der Waals surface area contributed by atoms with Crippen molar-refractivity contribution in [3.63, 3.8) is 0 Å². The molecule has 0 bridgehead atoms. The molecular weight excluding hydrogens is 396 g/mol. The Morgan fingerprint density at radius 3 is 2.34 bits per heavy atom. The fraction of sp³-hybridized carbons (Fsp3) is 0.316. The average molecular weight is 418 g/mol. The first kappa shape index (κ1) is 20.7. The van der Waals surface area contributed by atoms with Gasteiger partial charge in [-0.05, 0) is 25.1 Å². The smallest absolute Gasteiger partial charge is 0.274 e. The number of carbonyl (C=O) groups is 1. The lowest BCUT2D eigenvalue weighted by molar-refractivity contribution is -0.385. The molecule has 0 aliphatic carbocycles. The maximum atomic E-state index is 12.7. The molecular formula is C19H22N4O5S. The summed E-state index contributed by atoms with van der Waals surface area (Å²) in [6.07, 6.45) is 0. The molecule has 0 spiro atoms. The minimum atomic E-state index is -3.57. The van der Waals surface area contributed by atoms with Gasteiger partial charge in [-0.15, -0.1) is 0 Å². The van der Waals surface area contributed by atoms with Gasteiger partial charge in [0.05, 0.1) is 16.4 Å². The van der Waals surface area contributed by atoms with Gasteiger partial charge in [-0.1, -0.05) is 24.3 Å². The minimum absolute atomic E-state index is 0.0119. The Morgan fingerprint density at radius 2 is 1.72 bits per heavy atom. The predicted octanol–water partition coefficient (Wildman–Crippen LogP) is 1.85. The molecule has 0 atom stereocenters. The summed E-state index contributed by atoms with van der Waals surface area (Å²) < 4.78 is 26.7. The number of anilines is 1. The van der Waals surface area contributed by atoms with Crippen LogP contribution >= 0.6 is 0 Å². The maximum Gasteiger partial charge on any atom is 0.274 e. The Balaban J connectivity index is 1.57. The van der Waals surface area contributed by atoms with Crippen LogP contribution in [0.15, 0.2) is 53.4 Å². The Labute approximate surface area is 169 Å². The van der Waals surface area contributed by atoms with Crippen molar-refractivity contribution >= 4 is 27.3 Å². The lowest BCUT2D eigenvalue weighted by Crippen LogP contribution is -2.51. The van der Waals surface area contributed by atoms with E-state index in [0.29, 0.717) is 24.3 Å². The van der Waals surface area contributed by atoms with Gasteiger partial charge < -0.3 is 10.2 Å². The van der Waals surface area contributed by atoms with E-state index in [0.717, 1.165) is 0 Å². The van der Waals surface area contributed by atoms with Crippen LogP contribution < -0.4 is 5.32 Å². The van der Waals surface area contributed by atoms with Crippen molar-refractivity contribution in [2.24, 2.45) is 0 Å². The lowest BCUT2D eigenvalue weighted by atomic mass is 10.1. The Morgan fingerprint density at radius 1 is 1.07 bits per heavy atom. The van der Waals surface area contributed by atoms with Crippen LogP contribution in [0.2, 0.25) is 0 Å². The average Bonchev–Trinajstić information content (AvgIpc) is 2.73. The zero-order valence-corrected chi connectivity index (χ0v) is 16.8. The number of nitrogens with zero attached hydrogens (tertiary/aromatic N) is 3. The van der Waals surface area contributed by atoms with Gasteiger partial charge in [-0.3, -0.25) is 14.9 Å². The largest absolute Gasteiger partial charge is 0.376 e. The normalized spacial score (nSPS) is 15.1. The van der Waals surface area contributed by atoms with E-state index in [9.17, 15) is 23.3 Å². The number of hydrogen-bond donors (Lipinski definition) is 1. The number of nitro groups is 1. The van der Waals surface area contributed by atoms with Gasteiger partial charge in [0.1, 0.15) is 0 Å². The monoisotopic (exact) mass is 418 g/mol.